The Morgan fingerprint density at radius 3 is 2.68 bits per heavy atom. The number of aromatic nitrogens is 2. The van der Waals surface area contributed by atoms with Gasteiger partial charge in [-0.1, -0.05) is 29.8 Å². The SMILES string of the molecule is Cc1nn(-c2ccc(F)cc2)c2sc(C(=O)OCC(=O)NCc3ccccc3Cl)cc12. The van der Waals surface area contributed by atoms with Gasteiger partial charge in [0.15, 0.2) is 6.61 Å². The average molecular weight is 458 g/mol. The van der Waals surface area contributed by atoms with E-state index in [2.05, 4.69) is 10.4 Å². The van der Waals surface area contributed by atoms with Crippen LogP contribution in [0.2, 0.25) is 5.02 Å². The summed E-state index contributed by atoms with van der Waals surface area (Å²) in [5.41, 5.74) is 2.18. The highest BCUT2D eigenvalue weighted by atomic mass is 35.5. The van der Waals surface area contributed by atoms with Crippen LogP contribution in [0.15, 0.2) is 54.6 Å². The molecular weight excluding hydrogens is 441 g/mol. The van der Waals surface area contributed by atoms with Crippen molar-refractivity contribution < 1.29 is 18.7 Å². The third-order valence-corrected chi connectivity index (χ3v) is 6.04. The van der Waals surface area contributed by atoms with Gasteiger partial charge in [-0.15, -0.1) is 11.3 Å². The molecule has 0 saturated carbocycles. The molecule has 0 aliphatic rings. The third kappa shape index (κ3) is 4.60. The Labute approximate surface area is 186 Å². The second-order valence-electron chi connectivity index (χ2n) is 6.75. The van der Waals surface area contributed by atoms with E-state index in [1.165, 1.54) is 23.5 Å². The van der Waals surface area contributed by atoms with Crippen LogP contribution in [-0.4, -0.2) is 28.3 Å². The van der Waals surface area contributed by atoms with E-state index in [0.29, 0.717) is 15.6 Å². The Morgan fingerprint density at radius 1 is 1.19 bits per heavy atom. The molecule has 0 spiro atoms. The van der Waals surface area contributed by atoms with Gasteiger partial charge in [0.05, 0.1) is 11.4 Å². The van der Waals surface area contributed by atoms with E-state index in [4.69, 9.17) is 16.3 Å². The summed E-state index contributed by atoms with van der Waals surface area (Å²) in [7, 11) is 0. The molecule has 1 N–H and O–H groups in total. The van der Waals surface area contributed by atoms with Gasteiger partial charge in [0.2, 0.25) is 0 Å². The number of benzene rings is 2. The molecule has 31 heavy (non-hydrogen) atoms. The molecule has 0 bridgehead atoms. The minimum atomic E-state index is -0.598. The lowest BCUT2D eigenvalue weighted by molar-refractivity contribution is -0.124. The number of nitrogens with zero attached hydrogens (tertiary/aromatic N) is 2. The number of rotatable bonds is 6. The molecule has 0 aliphatic heterocycles. The van der Waals surface area contributed by atoms with Gasteiger partial charge in [0.1, 0.15) is 15.5 Å². The average Bonchev–Trinajstić information content (AvgIpc) is 3.33. The third-order valence-electron chi connectivity index (χ3n) is 4.59. The zero-order valence-electron chi connectivity index (χ0n) is 16.4. The lowest BCUT2D eigenvalue weighted by atomic mass is 10.2. The minimum absolute atomic E-state index is 0.242. The summed E-state index contributed by atoms with van der Waals surface area (Å²) in [6, 6.07) is 14.8. The molecule has 0 fully saturated rings. The number of fused-ring (bicyclic) bond motifs is 1. The zero-order chi connectivity index (χ0) is 22.0. The normalized spacial score (nSPS) is 10.9. The Kier molecular flexibility index (Phi) is 6.01. The van der Waals surface area contributed by atoms with Gasteiger partial charge in [-0.25, -0.2) is 13.9 Å². The smallest absolute Gasteiger partial charge is 0.348 e. The number of amides is 1. The number of halogens is 2. The zero-order valence-corrected chi connectivity index (χ0v) is 18.0. The highest BCUT2D eigenvalue weighted by molar-refractivity contribution is 7.20. The summed E-state index contributed by atoms with van der Waals surface area (Å²) < 4.78 is 20.0. The van der Waals surface area contributed by atoms with Gasteiger partial charge >= 0.3 is 5.97 Å². The first-order valence-electron chi connectivity index (χ1n) is 9.34. The van der Waals surface area contributed by atoms with Crippen molar-refractivity contribution in [3.8, 4) is 5.69 Å². The maximum absolute atomic E-state index is 13.2. The molecule has 0 unspecified atom stereocenters. The van der Waals surface area contributed by atoms with E-state index in [1.807, 2.05) is 13.0 Å². The van der Waals surface area contributed by atoms with Gasteiger partial charge < -0.3 is 10.1 Å². The predicted octanol–water partition coefficient (Wildman–Crippen LogP) is 4.66. The number of ether oxygens (including phenoxy) is 1. The number of nitrogens with one attached hydrogen (secondary N) is 1. The second kappa shape index (κ2) is 8.87. The van der Waals surface area contributed by atoms with Crippen LogP contribution < -0.4 is 5.32 Å². The largest absolute Gasteiger partial charge is 0.451 e. The maximum atomic E-state index is 13.2. The fourth-order valence-corrected chi connectivity index (χ4v) is 4.27. The number of thiophene rings is 1. The van der Waals surface area contributed by atoms with Gasteiger partial charge in [0.25, 0.3) is 5.91 Å². The molecule has 2 heterocycles. The molecule has 0 radical (unpaired) electrons. The number of carbonyl (C=O) groups is 2. The van der Waals surface area contributed by atoms with E-state index in [-0.39, 0.29) is 12.4 Å². The molecule has 9 heteroatoms. The number of esters is 1. The summed E-state index contributed by atoms with van der Waals surface area (Å²) in [5.74, 6) is -1.37. The highest BCUT2D eigenvalue weighted by Gasteiger charge is 2.19. The molecule has 4 rings (SSSR count). The summed E-state index contributed by atoms with van der Waals surface area (Å²) in [6.45, 7) is 1.67. The standard InChI is InChI=1S/C22H17ClFN3O3S/c1-13-17-10-19(31-21(17)27(26-13)16-8-6-15(24)7-9-16)22(29)30-12-20(28)25-11-14-4-2-3-5-18(14)23/h2-10H,11-12H2,1H3,(H,25,28). The van der Waals surface area contributed by atoms with Crippen LogP contribution in [0.25, 0.3) is 15.9 Å². The quantitative estimate of drug-likeness (QED) is 0.427. The first-order chi connectivity index (χ1) is 14.9. The highest BCUT2D eigenvalue weighted by Crippen LogP contribution is 2.30. The van der Waals surface area contributed by atoms with Crippen molar-refractivity contribution in [2.24, 2.45) is 0 Å². The van der Waals surface area contributed by atoms with Crippen LogP contribution in [-0.2, 0) is 16.1 Å². The Balaban J connectivity index is 1.42. The van der Waals surface area contributed by atoms with Crippen molar-refractivity contribution in [1.29, 1.82) is 0 Å². The van der Waals surface area contributed by atoms with Crippen LogP contribution in [0.1, 0.15) is 20.9 Å². The van der Waals surface area contributed by atoms with Gasteiger partial charge in [-0.3, -0.25) is 4.79 Å². The second-order valence-corrected chi connectivity index (χ2v) is 8.19. The van der Waals surface area contributed by atoms with Crippen molar-refractivity contribution in [2.45, 2.75) is 13.5 Å². The van der Waals surface area contributed by atoms with Gasteiger partial charge in [-0.05, 0) is 48.9 Å². The molecule has 0 aliphatic carbocycles. The molecule has 0 atom stereocenters. The van der Waals surface area contributed by atoms with Crippen molar-refractivity contribution >= 4 is 45.0 Å². The van der Waals surface area contributed by atoms with E-state index in [0.717, 1.165) is 21.5 Å². The fraction of sp³-hybridized carbons (Fsp3) is 0.136. The monoisotopic (exact) mass is 457 g/mol. The van der Waals surface area contributed by atoms with Gasteiger partial charge in [-0.2, -0.15) is 5.10 Å². The van der Waals surface area contributed by atoms with Crippen molar-refractivity contribution in [2.75, 3.05) is 6.61 Å². The first kappa shape index (κ1) is 21.0. The van der Waals surface area contributed by atoms with E-state index >= 15 is 0 Å². The van der Waals surface area contributed by atoms with Crippen LogP contribution in [0.4, 0.5) is 4.39 Å². The van der Waals surface area contributed by atoms with E-state index in [9.17, 15) is 14.0 Å². The molecule has 0 saturated heterocycles. The van der Waals surface area contributed by atoms with Crippen LogP contribution >= 0.6 is 22.9 Å². The summed E-state index contributed by atoms with van der Waals surface area (Å²) in [4.78, 5) is 25.6. The topological polar surface area (TPSA) is 73.2 Å². The number of carbonyl (C=O) groups excluding carboxylic acids is 2. The number of hydrogen-bond acceptors (Lipinski definition) is 5. The van der Waals surface area contributed by atoms with Gasteiger partial charge in [0, 0.05) is 17.0 Å². The van der Waals surface area contributed by atoms with Crippen molar-refractivity contribution in [1.82, 2.24) is 15.1 Å². The molecule has 4 aromatic rings. The minimum Gasteiger partial charge on any atom is -0.451 e. The lowest BCUT2D eigenvalue weighted by Gasteiger charge is -2.07. The fourth-order valence-electron chi connectivity index (χ4n) is 2.99. The number of aryl methyl sites for hydroxylation is 1. The molecular formula is C22H17ClFN3O3S. The first-order valence-corrected chi connectivity index (χ1v) is 10.5. The molecule has 2 aromatic heterocycles. The maximum Gasteiger partial charge on any atom is 0.348 e. The molecule has 1 amide bonds. The summed E-state index contributed by atoms with van der Waals surface area (Å²) in [6.07, 6.45) is 0. The Morgan fingerprint density at radius 2 is 1.94 bits per heavy atom. The molecule has 2 aromatic carbocycles. The molecule has 6 nitrogen and oxygen atoms in total. The Hall–Kier alpha value is -3.23. The van der Waals surface area contributed by atoms with Crippen molar-refractivity contribution in [3.05, 3.63) is 81.6 Å². The van der Waals surface area contributed by atoms with Crippen LogP contribution in [0.5, 0.6) is 0 Å². The Bertz CT molecular complexity index is 1270. The summed E-state index contributed by atoms with van der Waals surface area (Å²) >= 11 is 7.26. The molecule has 158 valence electrons. The van der Waals surface area contributed by atoms with E-state index in [1.54, 1.807) is 41.1 Å². The van der Waals surface area contributed by atoms with Crippen LogP contribution in [0.3, 0.4) is 0 Å². The van der Waals surface area contributed by atoms with Crippen molar-refractivity contribution in [3.63, 3.8) is 0 Å². The lowest BCUT2D eigenvalue weighted by Crippen LogP contribution is -2.28. The number of hydrogen-bond donors (Lipinski definition) is 1. The predicted molar refractivity (Wildman–Crippen MR) is 117 cm³/mol. The summed E-state index contributed by atoms with van der Waals surface area (Å²) in [5, 5.41) is 8.48. The van der Waals surface area contributed by atoms with Crippen LogP contribution in [0, 0.1) is 12.7 Å². The van der Waals surface area contributed by atoms with E-state index < -0.39 is 18.5 Å².